The minimum absolute atomic E-state index is 0.191. The molecular formula is C8H8BNO2. The molecule has 1 rings (SSSR count). The Bertz CT molecular complexity index is 271. The van der Waals surface area contributed by atoms with Crippen LogP contribution in [0.2, 0.25) is 0 Å². The number of rotatable bonds is 2. The first kappa shape index (κ1) is 8.78. The van der Waals surface area contributed by atoms with Crippen LogP contribution in [0, 0.1) is 0 Å². The summed E-state index contributed by atoms with van der Waals surface area (Å²) in [5.41, 5.74) is 1.25. The van der Waals surface area contributed by atoms with E-state index in [1.165, 1.54) is 13.3 Å². The molecule has 1 heterocycles. The van der Waals surface area contributed by atoms with Crippen molar-refractivity contribution >= 4 is 19.3 Å². The highest BCUT2D eigenvalue weighted by Gasteiger charge is 2.02. The minimum Gasteiger partial charge on any atom is -0.469 e. The fourth-order valence-corrected chi connectivity index (χ4v) is 0.761. The van der Waals surface area contributed by atoms with E-state index in [-0.39, 0.29) is 12.4 Å². The molecule has 0 fully saturated rings. The molecule has 4 heteroatoms. The van der Waals surface area contributed by atoms with Crippen LogP contribution in [0.3, 0.4) is 0 Å². The van der Waals surface area contributed by atoms with Crippen molar-refractivity contribution in [1.82, 2.24) is 4.98 Å². The van der Waals surface area contributed by atoms with Crippen molar-refractivity contribution in [1.29, 1.82) is 0 Å². The van der Waals surface area contributed by atoms with E-state index in [2.05, 4.69) is 9.72 Å². The summed E-state index contributed by atoms with van der Waals surface area (Å²) in [5, 5.41) is 0. The molecule has 0 saturated heterocycles. The number of esters is 1. The fourth-order valence-electron chi connectivity index (χ4n) is 0.761. The molecule has 0 aliphatic rings. The quantitative estimate of drug-likeness (QED) is 0.437. The Labute approximate surface area is 72.2 Å². The molecule has 0 saturated carbocycles. The van der Waals surface area contributed by atoms with E-state index >= 15 is 0 Å². The van der Waals surface area contributed by atoms with Gasteiger partial charge in [-0.05, 0) is 6.07 Å². The van der Waals surface area contributed by atoms with Gasteiger partial charge >= 0.3 is 5.97 Å². The van der Waals surface area contributed by atoms with Gasteiger partial charge in [0.2, 0.25) is 0 Å². The zero-order chi connectivity index (χ0) is 8.97. The predicted molar refractivity (Wildman–Crippen MR) is 45.3 cm³/mol. The molecule has 0 aliphatic heterocycles. The molecule has 2 radical (unpaired) electrons. The van der Waals surface area contributed by atoms with Gasteiger partial charge < -0.3 is 4.74 Å². The van der Waals surface area contributed by atoms with Gasteiger partial charge in [-0.3, -0.25) is 9.78 Å². The molecule has 0 aliphatic carbocycles. The first-order valence-corrected chi connectivity index (χ1v) is 3.49. The first-order chi connectivity index (χ1) is 5.72. The summed E-state index contributed by atoms with van der Waals surface area (Å²) in [5.74, 6) is -0.299. The van der Waals surface area contributed by atoms with Crippen LogP contribution in [0.5, 0.6) is 0 Å². The maximum absolute atomic E-state index is 10.8. The summed E-state index contributed by atoms with van der Waals surface area (Å²) >= 11 is 0. The highest BCUT2D eigenvalue weighted by Crippen LogP contribution is 1.93. The Morgan fingerprint density at radius 1 is 1.67 bits per heavy atom. The average molecular weight is 161 g/mol. The summed E-state index contributed by atoms with van der Waals surface area (Å²) in [6, 6.07) is 3.40. The molecular weight excluding hydrogens is 153 g/mol. The van der Waals surface area contributed by atoms with Crippen LogP contribution in [-0.4, -0.2) is 25.9 Å². The third kappa shape index (κ3) is 2.38. The maximum atomic E-state index is 10.8. The summed E-state index contributed by atoms with van der Waals surface area (Å²) < 4.78 is 4.47. The molecule has 1 aromatic rings. The number of hydrogen-bond acceptors (Lipinski definition) is 3. The molecule has 0 atom stereocenters. The van der Waals surface area contributed by atoms with Gasteiger partial charge in [-0.2, -0.15) is 0 Å². The molecule has 12 heavy (non-hydrogen) atoms. The van der Waals surface area contributed by atoms with Crippen molar-refractivity contribution in [3.8, 4) is 0 Å². The van der Waals surface area contributed by atoms with Crippen LogP contribution >= 0.6 is 0 Å². The lowest BCUT2D eigenvalue weighted by Crippen LogP contribution is -2.09. The molecule has 1 aromatic heterocycles. The van der Waals surface area contributed by atoms with Gasteiger partial charge in [-0.1, -0.05) is 11.5 Å². The van der Waals surface area contributed by atoms with Crippen molar-refractivity contribution in [3.63, 3.8) is 0 Å². The molecule has 0 amide bonds. The molecule has 3 nitrogen and oxygen atoms in total. The Morgan fingerprint density at radius 2 is 2.42 bits per heavy atom. The first-order valence-electron chi connectivity index (χ1n) is 3.49. The van der Waals surface area contributed by atoms with E-state index in [9.17, 15) is 4.79 Å². The molecule has 60 valence electrons. The highest BCUT2D eigenvalue weighted by atomic mass is 16.5. The molecule has 0 unspecified atom stereocenters. The van der Waals surface area contributed by atoms with Gasteiger partial charge in [0.1, 0.15) is 7.85 Å². The Balaban J connectivity index is 2.64. The van der Waals surface area contributed by atoms with E-state index in [0.29, 0.717) is 11.2 Å². The minimum atomic E-state index is -0.299. The van der Waals surface area contributed by atoms with E-state index < -0.39 is 0 Å². The van der Waals surface area contributed by atoms with Gasteiger partial charge in [0.05, 0.1) is 19.2 Å². The topological polar surface area (TPSA) is 39.2 Å². The number of nitrogens with zero attached hydrogens (tertiary/aromatic N) is 1. The molecule has 0 bridgehead atoms. The van der Waals surface area contributed by atoms with Crippen LogP contribution in [0.1, 0.15) is 5.69 Å². The Kier molecular flexibility index (Phi) is 2.85. The number of ether oxygens (including phenoxy) is 1. The van der Waals surface area contributed by atoms with Crippen molar-refractivity contribution in [3.05, 3.63) is 24.0 Å². The van der Waals surface area contributed by atoms with E-state index in [4.69, 9.17) is 7.85 Å². The summed E-state index contributed by atoms with van der Waals surface area (Å²) in [6.45, 7) is 0. The summed E-state index contributed by atoms with van der Waals surface area (Å²) in [4.78, 5) is 14.7. The van der Waals surface area contributed by atoms with E-state index in [0.717, 1.165) is 0 Å². The number of pyridine rings is 1. The Hall–Kier alpha value is -1.32. The second-order valence-corrected chi connectivity index (χ2v) is 2.34. The average Bonchev–Trinajstić information content (AvgIpc) is 2.09. The zero-order valence-electron chi connectivity index (χ0n) is 6.78. The molecule has 0 aromatic carbocycles. The number of aromatic nitrogens is 1. The zero-order valence-corrected chi connectivity index (χ0v) is 6.78. The van der Waals surface area contributed by atoms with Gasteiger partial charge in [0.25, 0.3) is 0 Å². The van der Waals surface area contributed by atoms with Crippen molar-refractivity contribution < 1.29 is 9.53 Å². The SMILES string of the molecule is [B]c1ccc(CC(=O)OC)nc1. The third-order valence-corrected chi connectivity index (χ3v) is 1.40. The Morgan fingerprint density at radius 3 is 2.92 bits per heavy atom. The van der Waals surface area contributed by atoms with E-state index in [1.807, 2.05) is 0 Å². The summed E-state index contributed by atoms with van der Waals surface area (Å²) in [7, 11) is 6.76. The van der Waals surface area contributed by atoms with Gasteiger partial charge in [0, 0.05) is 6.20 Å². The van der Waals surface area contributed by atoms with Gasteiger partial charge in [-0.15, -0.1) is 0 Å². The largest absolute Gasteiger partial charge is 0.469 e. The highest BCUT2D eigenvalue weighted by molar-refractivity contribution is 6.32. The lowest BCUT2D eigenvalue weighted by atomic mass is 9.98. The van der Waals surface area contributed by atoms with Crippen molar-refractivity contribution in [2.24, 2.45) is 0 Å². The van der Waals surface area contributed by atoms with Gasteiger partial charge in [0.15, 0.2) is 0 Å². The van der Waals surface area contributed by atoms with Crippen molar-refractivity contribution in [2.45, 2.75) is 6.42 Å². The standard InChI is InChI=1S/C8H8BNO2/c1-12-8(11)4-7-3-2-6(9)5-10-7/h2-3,5H,4H2,1H3. The molecule has 0 spiro atoms. The fraction of sp³-hybridized carbons (Fsp3) is 0.250. The van der Waals surface area contributed by atoms with Crippen LogP contribution < -0.4 is 5.46 Å². The second-order valence-electron chi connectivity index (χ2n) is 2.34. The second kappa shape index (κ2) is 3.90. The number of methoxy groups -OCH3 is 1. The number of carbonyl (C=O) groups is 1. The monoisotopic (exact) mass is 161 g/mol. The maximum Gasteiger partial charge on any atom is 0.311 e. The summed E-state index contributed by atoms with van der Waals surface area (Å²) in [6.07, 6.45) is 1.70. The predicted octanol–water partition coefficient (Wildman–Crippen LogP) is -0.409. The van der Waals surface area contributed by atoms with Gasteiger partial charge in [-0.25, -0.2) is 0 Å². The lowest BCUT2D eigenvalue weighted by Gasteiger charge is -1.98. The number of carbonyl (C=O) groups excluding carboxylic acids is 1. The smallest absolute Gasteiger partial charge is 0.311 e. The molecule has 0 N–H and O–H groups in total. The normalized spacial score (nSPS) is 9.42. The van der Waals surface area contributed by atoms with Crippen LogP contribution in [0.4, 0.5) is 0 Å². The third-order valence-electron chi connectivity index (χ3n) is 1.40. The lowest BCUT2D eigenvalue weighted by molar-refractivity contribution is -0.139. The number of hydrogen-bond donors (Lipinski definition) is 0. The van der Waals surface area contributed by atoms with Crippen LogP contribution in [0.15, 0.2) is 18.3 Å². The van der Waals surface area contributed by atoms with E-state index in [1.54, 1.807) is 12.1 Å². The van der Waals surface area contributed by atoms with Crippen LogP contribution in [-0.2, 0) is 16.0 Å². The van der Waals surface area contributed by atoms with Crippen LogP contribution in [0.25, 0.3) is 0 Å². The van der Waals surface area contributed by atoms with Crippen molar-refractivity contribution in [2.75, 3.05) is 7.11 Å².